The number of rotatable bonds is 7. The maximum absolute atomic E-state index is 2.31. The van der Waals surface area contributed by atoms with Crippen LogP contribution >= 0.6 is 11.8 Å². The van der Waals surface area contributed by atoms with Crippen molar-refractivity contribution in [3.05, 3.63) is 40.8 Å². The molecule has 1 aromatic rings. The topological polar surface area (TPSA) is 0 Å². The normalized spacial score (nSPS) is 11.2. The summed E-state index contributed by atoms with van der Waals surface area (Å²) in [7, 11) is 0. The third kappa shape index (κ3) is 5.45. The Morgan fingerprint density at radius 2 is 1.76 bits per heavy atom. The number of aryl methyl sites for hydroxylation is 2. The van der Waals surface area contributed by atoms with Crippen molar-refractivity contribution in [1.82, 2.24) is 0 Å². The Balaban J connectivity index is 2.32. The molecule has 0 atom stereocenters. The molecule has 0 saturated heterocycles. The molecule has 1 aromatic carbocycles. The number of benzene rings is 1. The molecule has 0 bridgehead atoms. The van der Waals surface area contributed by atoms with Crippen molar-refractivity contribution in [3.8, 4) is 0 Å². The minimum absolute atomic E-state index is 1.22. The number of allylic oxidation sites excluding steroid dienone is 1. The predicted octanol–water partition coefficient (Wildman–Crippen LogP) is 5.88. The first-order valence-electron chi connectivity index (χ1n) is 6.63. The number of hydrogen-bond acceptors (Lipinski definition) is 1. The Kier molecular flexibility index (Phi) is 7.11. The van der Waals surface area contributed by atoms with Gasteiger partial charge >= 0.3 is 0 Å². The highest BCUT2D eigenvalue weighted by atomic mass is 32.2. The van der Waals surface area contributed by atoms with Crippen LogP contribution in [-0.4, -0.2) is 0 Å². The van der Waals surface area contributed by atoms with E-state index in [2.05, 4.69) is 50.5 Å². The van der Waals surface area contributed by atoms with Crippen molar-refractivity contribution in [3.63, 3.8) is 0 Å². The van der Waals surface area contributed by atoms with E-state index < -0.39 is 0 Å². The van der Waals surface area contributed by atoms with Crippen molar-refractivity contribution >= 4 is 11.8 Å². The van der Waals surface area contributed by atoms with E-state index in [4.69, 9.17) is 0 Å². The molecule has 0 amide bonds. The van der Waals surface area contributed by atoms with Crippen molar-refractivity contribution in [2.24, 2.45) is 0 Å². The second-order valence-corrected chi connectivity index (χ2v) is 5.48. The lowest BCUT2D eigenvalue weighted by atomic mass is 10.2. The molecule has 0 fully saturated rings. The third-order valence-electron chi connectivity index (χ3n) is 2.92. The minimum Gasteiger partial charge on any atom is -0.0979 e. The summed E-state index contributed by atoms with van der Waals surface area (Å²) in [6.07, 6.45) is 8.93. The van der Waals surface area contributed by atoms with Crippen LogP contribution in [0.5, 0.6) is 0 Å². The molecular formula is C16H24S. The average Bonchev–Trinajstić information content (AvgIpc) is 2.31. The molecule has 0 aromatic heterocycles. The SMILES string of the molecule is CCCCCC/C=C/Sc1c(C)cccc1C. The zero-order chi connectivity index (χ0) is 12.5. The van der Waals surface area contributed by atoms with Gasteiger partial charge in [0.2, 0.25) is 0 Å². The second kappa shape index (κ2) is 8.41. The fourth-order valence-corrected chi connectivity index (χ4v) is 2.73. The van der Waals surface area contributed by atoms with E-state index in [-0.39, 0.29) is 0 Å². The van der Waals surface area contributed by atoms with Gasteiger partial charge in [0.25, 0.3) is 0 Å². The maximum atomic E-state index is 2.31. The molecular weight excluding hydrogens is 224 g/mol. The number of unbranched alkanes of at least 4 members (excludes halogenated alkanes) is 4. The smallest absolute Gasteiger partial charge is 0.0174 e. The fraction of sp³-hybridized carbons (Fsp3) is 0.500. The van der Waals surface area contributed by atoms with Gasteiger partial charge in [0.15, 0.2) is 0 Å². The molecule has 0 aliphatic carbocycles. The van der Waals surface area contributed by atoms with Gasteiger partial charge in [-0.25, -0.2) is 0 Å². The van der Waals surface area contributed by atoms with Crippen LogP contribution in [-0.2, 0) is 0 Å². The summed E-state index contributed by atoms with van der Waals surface area (Å²) >= 11 is 1.86. The minimum atomic E-state index is 1.22. The van der Waals surface area contributed by atoms with Crippen LogP contribution in [0.2, 0.25) is 0 Å². The van der Waals surface area contributed by atoms with Crippen LogP contribution < -0.4 is 0 Å². The van der Waals surface area contributed by atoms with E-state index >= 15 is 0 Å². The lowest BCUT2D eigenvalue weighted by molar-refractivity contribution is 0.675. The van der Waals surface area contributed by atoms with Crippen LogP contribution in [0.3, 0.4) is 0 Å². The van der Waals surface area contributed by atoms with Crippen molar-refractivity contribution in [2.75, 3.05) is 0 Å². The molecule has 0 saturated carbocycles. The zero-order valence-corrected chi connectivity index (χ0v) is 12.1. The summed E-state index contributed by atoms with van der Waals surface area (Å²) in [5.74, 6) is 0. The molecule has 0 nitrogen and oxygen atoms in total. The summed E-state index contributed by atoms with van der Waals surface area (Å²) in [5, 5.41) is 2.25. The molecule has 0 radical (unpaired) electrons. The van der Waals surface area contributed by atoms with Gasteiger partial charge < -0.3 is 0 Å². The fourth-order valence-electron chi connectivity index (χ4n) is 1.86. The lowest BCUT2D eigenvalue weighted by Gasteiger charge is -2.05. The summed E-state index contributed by atoms with van der Waals surface area (Å²) in [4.78, 5) is 1.41. The van der Waals surface area contributed by atoms with Gasteiger partial charge in [-0.3, -0.25) is 0 Å². The third-order valence-corrected chi connectivity index (χ3v) is 4.12. The largest absolute Gasteiger partial charge is 0.0979 e. The van der Waals surface area contributed by atoms with Crippen molar-refractivity contribution in [2.45, 2.75) is 57.8 Å². The van der Waals surface area contributed by atoms with Gasteiger partial charge in [0.05, 0.1) is 0 Å². The van der Waals surface area contributed by atoms with Crippen LogP contribution in [0.1, 0.15) is 50.2 Å². The molecule has 0 aliphatic heterocycles. The molecule has 1 heteroatoms. The van der Waals surface area contributed by atoms with Gasteiger partial charge in [-0.1, -0.05) is 62.2 Å². The average molecular weight is 248 g/mol. The van der Waals surface area contributed by atoms with Crippen LogP contribution in [0.15, 0.2) is 34.6 Å². The van der Waals surface area contributed by atoms with Crippen LogP contribution in [0.4, 0.5) is 0 Å². The van der Waals surface area contributed by atoms with E-state index in [1.54, 1.807) is 0 Å². The molecule has 0 heterocycles. The first-order valence-corrected chi connectivity index (χ1v) is 7.51. The lowest BCUT2D eigenvalue weighted by Crippen LogP contribution is -1.82. The Labute approximate surface area is 111 Å². The van der Waals surface area contributed by atoms with E-state index in [1.165, 1.54) is 48.1 Å². The maximum Gasteiger partial charge on any atom is 0.0174 e. The first kappa shape index (κ1) is 14.4. The highest BCUT2D eigenvalue weighted by molar-refractivity contribution is 8.02. The summed E-state index contributed by atoms with van der Waals surface area (Å²) in [6, 6.07) is 6.50. The summed E-state index contributed by atoms with van der Waals surface area (Å²) < 4.78 is 0. The highest BCUT2D eigenvalue weighted by Crippen LogP contribution is 2.27. The molecule has 1 rings (SSSR count). The van der Waals surface area contributed by atoms with E-state index in [1.807, 2.05) is 11.8 Å². The van der Waals surface area contributed by atoms with Gasteiger partial charge in [0.1, 0.15) is 0 Å². The van der Waals surface area contributed by atoms with Crippen molar-refractivity contribution in [1.29, 1.82) is 0 Å². The van der Waals surface area contributed by atoms with Gasteiger partial charge in [-0.15, -0.1) is 0 Å². The van der Waals surface area contributed by atoms with Crippen LogP contribution in [0.25, 0.3) is 0 Å². The molecule has 17 heavy (non-hydrogen) atoms. The van der Waals surface area contributed by atoms with Crippen LogP contribution in [0, 0.1) is 13.8 Å². The van der Waals surface area contributed by atoms with Gasteiger partial charge in [0, 0.05) is 4.90 Å². The Bertz CT molecular complexity index is 332. The quantitative estimate of drug-likeness (QED) is 0.429. The predicted molar refractivity (Wildman–Crippen MR) is 79.7 cm³/mol. The monoisotopic (exact) mass is 248 g/mol. The zero-order valence-electron chi connectivity index (χ0n) is 11.3. The van der Waals surface area contributed by atoms with Crippen molar-refractivity contribution < 1.29 is 0 Å². The number of thioether (sulfide) groups is 1. The first-order chi connectivity index (χ1) is 8.25. The molecule has 0 unspecified atom stereocenters. The Morgan fingerprint density at radius 3 is 2.41 bits per heavy atom. The standard InChI is InChI=1S/C16H24S/c1-4-5-6-7-8-9-13-17-16-14(2)11-10-12-15(16)3/h9-13H,4-8H2,1-3H3/b13-9+. The Morgan fingerprint density at radius 1 is 1.06 bits per heavy atom. The van der Waals surface area contributed by atoms with E-state index in [0.29, 0.717) is 0 Å². The number of hydrogen-bond donors (Lipinski definition) is 0. The van der Waals surface area contributed by atoms with Gasteiger partial charge in [-0.05, 0) is 43.2 Å². The molecule has 0 spiro atoms. The second-order valence-electron chi connectivity index (χ2n) is 4.56. The molecule has 94 valence electrons. The summed E-state index contributed by atoms with van der Waals surface area (Å²) in [5.41, 5.74) is 2.76. The van der Waals surface area contributed by atoms with Gasteiger partial charge in [-0.2, -0.15) is 0 Å². The van der Waals surface area contributed by atoms with E-state index in [9.17, 15) is 0 Å². The molecule has 0 N–H and O–H groups in total. The summed E-state index contributed by atoms with van der Waals surface area (Å²) in [6.45, 7) is 6.63. The Hall–Kier alpha value is -0.690. The molecule has 0 aliphatic rings. The highest BCUT2D eigenvalue weighted by Gasteiger charge is 1.99. The van der Waals surface area contributed by atoms with E-state index in [0.717, 1.165) is 0 Å².